The third-order valence-electron chi connectivity index (χ3n) is 8.58. The van der Waals surface area contributed by atoms with Gasteiger partial charge in [-0.1, -0.05) is 69.3 Å². The van der Waals surface area contributed by atoms with Gasteiger partial charge in [-0.25, -0.2) is 9.36 Å². The van der Waals surface area contributed by atoms with E-state index in [-0.39, 0.29) is 13.2 Å². The van der Waals surface area contributed by atoms with E-state index in [1.54, 1.807) is 37.1 Å². The molecule has 0 aliphatic carbocycles. The summed E-state index contributed by atoms with van der Waals surface area (Å²) in [5.41, 5.74) is 5.43. The molecule has 56 heavy (non-hydrogen) atoms. The van der Waals surface area contributed by atoms with Gasteiger partial charge in [0.15, 0.2) is 0 Å². The predicted molar refractivity (Wildman–Crippen MR) is 204 cm³/mol. The number of fused-ring (bicyclic) bond motifs is 2. The van der Waals surface area contributed by atoms with Crippen LogP contribution in [-0.4, -0.2) is 71.7 Å². The van der Waals surface area contributed by atoms with Crippen LogP contribution in [0.5, 0.6) is 0 Å². The number of hydrogen-bond donors (Lipinski definition) is 2. The number of aliphatic hydroxyl groups is 2. The fraction of sp³-hybridized carbons (Fsp3) is 0.263. The molecule has 0 aliphatic heterocycles. The molecule has 8 rings (SSSR count). The Morgan fingerprint density at radius 3 is 1.39 bits per heavy atom. The molecule has 17 nitrogen and oxygen atoms in total. The van der Waals surface area contributed by atoms with Crippen LogP contribution in [0.25, 0.3) is 67.8 Å². The number of rotatable bonds is 14. The van der Waals surface area contributed by atoms with Crippen molar-refractivity contribution in [3.63, 3.8) is 0 Å². The number of hydrogen-bond acceptors (Lipinski definition) is 15. The second kappa shape index (κ2) is 14.9. The SMILES string of the molecule is CC(C)(O)Cn1nnc2cc(-c3nc(-c4ccc(CO[PH](=O)OCc5ccc(-c6noc(-c7ccc8c(c7)nnn8CC(C)(C)O)n6)cc5)cc4)no3)ccc21. The first kappa shape index (κ1) is 37.0. The fourth-order valence-corrected chi connectivity index (χ4v) is 6.57. The summed E-state index contributed by atoms with van der Waals surface area (Å²) in [5.74, 6) is 1.48. The van der Waals surface area contributed by atoms with Gasteiger partial charge in [0.2, 0.25) is 11.6 Å². The maximum Gasteiger partial charge on any atom is 0.319 e. The van der Waals surface area contributed by atoms with Gasteiger partial charge in [-0.15, -0.1) is 10.2 Å². The van der Waals surface area contributed by atoms with Crippen molar-refractivity contribution in [3.05, 3.63) is 96.1 Å². The average Bonchev–Trinajstić information content (AvgIpc) is 4.00. The summed E-state index contributed by atoms with van der Waals surface area (Å²) in [5, 5.41) is 45.3. The van der Waals surface area contributed by atoms with E-state index >= 15 is 0 Å². The molecule has 8 aromatic rings. The van der Waals surface area contributed by atoms with Gasteiger partial charge in [0.05, 0.1) is 48.5 Å². The first-order chi connectivity index (χ1) is 26.8. The predicted octanol–water partition coefficient (Wildman–Crippen LogP) is 6.27. The second-order valence-corrected chi connectivity index (χ2v) is 15.7. The van der Waals surface area contributed by atoms with Gasteiger partial charge in [0, 0.05) is 22.3 Å². The zero-order chi connectivity index (χ0) is 39.0. The molecule has 0 unspecified atom stereocenters. The topological polar surface area (TPSA) is 215 Å². The molecule has 0 amide bonds. The highest BCUT2D eigenvalue weighted by atomic mass is 31.1. The highest BCUT2D eigenvalue weighted by Gasteiger charge is 2.20. The van der Waals surface area contributed by atoms with E-state index < -0.39 is 19.5 Å². The van der Waals surface area contributed by atoms with Crippen molar-refractivity contribution in [1.29, 1.82) is 0 Å². The maximum atomic E-state index is 12.6. The van der Waals surface area contributed by atoms with Crippen LogP contribution in [0, 0.1) is 0 Å². The molecule has 0 saturated heterocycles. The Bertz CT molecular complexity index is 2470. The third kappa shape index (κ3) is 8.46. The lowest BCUT2D eigenvalue weighted by Crippen LogP contribution is -2.26. The van der Waals surface area contributed by atoms with E-state index in [1.807, 2.05) is 84.9 Å². The number of benzene rings is 4. The molecule has 4 aromatic heterocycles. The minimum Gasteiger partial charge on any atom is -0.389 e. The lowest BCUT2D eigenvalue weighted by Gasteiger charge is -2.16. The summed E-state index contributed by atoms with van der Waals surface area (Å²) in [6.07, 6.45) is 0. The molecular formula is C38H37N10O7P. The van der Waals surface area contributed by atoms with Crippen LogP contribution in [0.3, 0.4) is 0 Å². The molecule has 2 N–H and O–H groups in total. The van der Waals surface area contributed by atoms with Crippen molar-refractivity contribution in [1.82, 2.24) is 50.3 Å². The van der Waals surface area contributed by atoms with Crippen LogP contribution in [0.2, 0.25) is 0 Å². The Kier molecular flexibility index (Phi) is 9.86. The van der Waals surface area contributed by atoms with Crippen LogP contribution in [-0.2, 0) is 39.9 Å². The van der Waals surface area contributed by atoms with E-state index in [1.165, 1.54) is 0 Å². The maximum absolute atomic E-state index is 12.6. The summed E-state index contributed by atoms with van der Waals surface area (Å²) in [7, 11) is -2.78. The quantitative estimate of drug-likeness (QED) is 0.116. The molecule has 0 radical (unpaired) electrons. The fourth-order valence-electron chi connectivity index (χ4n) is 5.92. The van der Waals surface area contributed by atoms with Gasteiger partial charge in [-0.2, -0.15) is 9.97 Å². The third-order valence-corrected chi connectivity index (χ3v) is 9.34. The van der Waals surface area contributed by atoms with Crippen molar-refractivity contribution in [2.75, 3.05) is 0 Å². The van der Waals surface area contributed by atoms with Gasteiger partial charge in [-0.05, 0) is 75.2 Å². The van der Waals surface area contributed by atoms with Crippen LogP contribution < -0.4 is 0 Å². The van der Waals surface area contributed by atoms with Crippen molar-refractivity contribution < 1.29 is 32.9 Å². The Hall–Kier alpha value is -5.97. The van der Waals surface area contributed by atoms with Gasteiger partial charge in [0.1, 0.15) is 11.0 Å². The molecule has 0 bridgehead atoms. The standard InChI is InChI=1S/C38H37N10O7P/c1-37(2,49)21-47-31-15-13-27(17-29(31)41-45-47)35-39-33(43-54-35)25-9-5-23(6-10-25)19-52-56(51)53-20-24-7-11-26(12-8-24)34-40-36(55-44-34)28-14-16-32-30(18-28)42-46-48(32)22-38(3,4)50/h5-18,49-50,56H,19-22H2,1-4H3. The molecule has 18 heteroatoms. The van der Waals surface area contributed by atoms with Crippen LogP contribution in [0.1, 0.15) is 38.8 Å². The Balaban J connectivity index is 0.818. The second-order valence-electron chi connectivity index (χ2n) is 14.6. The van der Waals surface area contributed by atoms with Crippen molar-refractivity contribution >= 4 is 30.3 Å². The molecule has 4 aromatic carbocycles. The van der Waals surface area contributed by atoms with E-state index in [2.05, 4.69) is 40.9 Å². The summed E-state index contributed by atoms with van der Waals surface area (Å²) in [6, 6.07) is 25.7. The van der Waals surface area contributed by atoms with E-state index in [0.717, 1.165) is 33.3 Å². The molecule has 0 saturated carbocycles. The van der Waals surface area contributed by atoms with Crippen molar-refractivity contribution in [2.45, 2.75) is 65.2 Å². The molecule has 0 fully saturated rings. The first-order valence-electron chi connectivity index (χ1n) is 17.6. The van der Waals surface area contributed by atoms with Gasteiger partial charge in [0.25, 0.3) is 11.8 Å². The van der Waals surface area contributed by atoms with E-state index in [4.69, 9.17) is 18.1 Å². The first-order valence-corrected chi connectivity index (χ1v) is 18.8. The lowest BCUT2D eigenvalue weighted by atomic mass is 10.1. The molecule has 286 valence electrons. The molecule has 0 aliphatic rings. The van der Waals surface area contributed by atoms with Gasteiger partial charge >= 0.3 is 8.25 Å². The van der Waals surface area contributed by atoms with E-state index in [9.17, 15) is 14.8 Å². The van der Waals surface area contributed by atoms with Crippen LogP contribution in [0.15, 0.2) is 94.0 Å². The largest absolute Gasteiger partial charge is 0.389 e. The summed E-state index contributed by atoms with van der Waals surface area (Å²) in [6.45, 7) is 7.65. The molecule has 0 atom stereocenters. The zero-order valence-electron chi connectivity index (χ0n) is 30.8. The molecule has 0 spiro atoms. The monoisotopic (exact) mass is 776 g/mol. The Labute approximate surface area is 319 Å². The van der Waals surface area contributed by atoms with Crippen LogP contribution >= 0.6 is 8.25 Å². The van der Waals surface area contributed by atoms with Crippen molar-refractivity contribution in [3.8, 4) is 45.7 Å². The highest BCUT2D eigenvalue weighted by molar-refractivity contribution is 7.33. The van der Waals surface area contributed by atoms with Crippen molar-refractivity contribution in [2.24, 2.45) is 0 Å². The Morgan fingerprint density at radius 2 is 1.00 bits per heavy atom. The zero-order valence-corrected chi connectivity index (χ0v) is 31.8. The summed E-state index contributed by atoms with van der Waals surface area (Å²) in [4.78, 5) is 9.09. The normalized spacial score (nSPS) is 12.4. The average molecular weight is 777 g/mol. The smallest absolute Gasteiger partial charge is 0.319 e. The minimum absolute atomic E-state index is 0.0923. The number of aromatic nitrogens is 10. The summed E-state index contributed by atoms with van der Waals surface area (Å²) < 4.78 is 37.9. The van der Waals surface area contributed by atoms with Gasteiger partial charge in [-0.3, -0.25) is 4.57 Å². The van der Waals surface area contributed by atoms with E-state index in [0.29, 0.717) is 58.7 Å². The lowest BCUT2D eigenvalue weighted by molar-refractivity contribution is 0.0579. The molecule has 4 heterocycles. The molecular weight excluding hydrogens is 739 g/mol. The Morgan fingerprint density at radius 1 is 0.607 bits per heavy atom. The van der Waals surface area contributed by atoms with Crippen LogP contribution in [0.4, 0.5) is 0 Å². The summed E-state index contributed by atoms with van der Waals surface area (Å²) >= 11 is 0. The number of nitrogens with zero attached hydrogens (tertiary/aromatic N) is 10. The van der Waals surface area contributed by atoms with Gasteiger partial charge < -0.3 is 28.3 Å². The highest BCUT2D eigenvalue weighted by Crippen LogP contribution is 2.30. The minimum atomic E-state index is -2.78.